The number of carbonyl (C=O) groups excluding carboxylic acids is 6. The molecule has 45 heteroatoms. The van der Waals surface area contributed by atoms with Crippen molar-refractivity contribution in [1.82, 2.24) is 164 Å². The maximum Gasteiger partial charge on any atom is 0.295 e. The summed E-state index contributed by atoms with van der Waals surface area (Å²) in [7, 11) is -9.31. The number of nitrogens with zero attached hydrogens (tertiary/aromatic N) is 33. The molecule has 0 atom stereocenters. The Morgan fingerprint density at radius 1 is 0.431 bits per heavy atom. The lowest BCUT2D eigenvalue weighted by Crippen LogP contribution is -2.51. The van der Waals surface area contributed by atoms with E-state index in [9.17, 15) is 28.8 Å². The van der Waals surface area contributed by atoms with Crippen molar-refractivity contribution < 1.29 is 97.8 Å². The van der Waals surface area contributed by atoms with Gasteiger partial charge in [-0.15, -0.1) is 0 Å². The van der Waals surface area contributed by atoms with Gasteiger partial charge in [-0.2, -0.15) is 29.3 Å². The quantitative estimate of drug-likeness (QED) is 0.0813. The van der Waals surface area contributed by atoms with Crippen LogP contribution in [-0.4, -0.2) is 299 Å². The summed E-state index contributed by atoms with van der Waals surface area (Å²) in [6, 6.07) is 2.62. The van der Waals surface area contributed by atoms with E-state index in [0.717, 1.165) is 68.7 Å². The van der Waals surface area contributed by atoms with Crippen LogP contribution in [0.25, 0.3) is 67.6 Å². The minimum Gasteiger partial charge on any atom is -0.494 e. The van der Waals surface area contributed by atoms with E-state index in [4.69, 9.17) is 69.0 Å². The summed E-state index contributed by atoms with van der Waals surface area (Å²) in [4.78, 5) is 128. The van der Waals surface area contributed by atoms with Crippen molar-refractivity contribution in [2.24, 2.45) is 0 Å². The van der Waals surface area contributed by atoms with Crippen LogP contribution < -0.4 is 28.9 Å². The number of piperazine rings is 3. The number of aromatic amines is 3. The topological polar surface area (TPSA) is 497 Å². The second-order valence-electron chi connectivity index (χ2n) is 23.4. The molecular formula is C71H70N36O9. The number of ether oxygens (including phenoxy) is 3. The van der Waals surface area contributed by atoms with E-state index in [2.05, 4.69) is 122 Å². The highest BCUT2D eigenvalue weighted by Gasteiger charge is 2.36. The third-order valence-electron chi connectivity index (χ3n) is 16.5. The Balaban J connectivity index is 0.000000166. The molecule has 0 radical (unpaired) electrons. The molecule has 3 aliphatic rings. The zero-order chi connectivity index (χ0) is 115. The molecule has 3 saturated heterocycles. The monoisotopic (exact) mass is 1610 g/mol. The summed E-state index contributed by atoms with van der Waals surface area (Å²) in [6.45, 7) is -35.9. The molecule has 0 aliphatic carbocycles. The van der Waals surface area contributed by atoms with Crippen LogP contribution in [0.1, 0.15) is 115 Å². The Morgan fingerprint density at radius 2 is 0.810 bits per heavy atom. The fourth-order valence-corrected chi connectivity index (χ4v) is 11.2. The standard InChI is InChI=1S/2C24H24N12O3.C23H22N12O3/c2*1-14-4-5-18(25-10-14)36-24(29-31-32-36)34-8-6-33(7-9-34)23(38)21(37)16-11-26-20-19(16)17(39-3)12-27-22(20)35-13-28-15(2)30-35;1-14-27-13-34(29-14)21-19-18(16(38-2)12-26-21)15(11-25-19)20(36)22(37)32-7-9-33(10-8-32)23-28-30-31-35(23)17-5-3-4-6-24-17/h2*4-5,10-13,26H,6-9H2,1-3H3;3-6,11-13,25H,7-10H2,1-2H3/i2D3,3D3,4D,5D,6D2,7D2,8D2,9D2,10D;2D3,3D3,4D,5D,10D;1D3,2D3,7D2,8D2,9D2,10D2. The molecule has 3 N–H and O–H groups in total. The number of anilines is 3. The second kappa shape index (κ2) is 31.6. The third kappa shape index (κ3) is 14.3. The lowest BCUT2D eigenvalue weighted by Gasteiger charge is -2.34. The van der Waals surface area contributed by atoms with Crippen molar-refractivity contribution in [3.63, 3.8) is 0 Å². The van der Waals surface area contributed by atoms with Gasteiger partial charge < -0.3 is 58.6 Å². The van der Waals surface area contributed by atoms with Gasteiger partial charge in [-0.05, 0) is 101 Å². The normalized spacial score (nSPS) is 22.9. The molecule has 116 heavy (non-hydrogen) atoms. The average Bonchev–Trinajstić information content (AvgIpc) is 1.27. The minimum absolute atomic E-state index is 0.0299. The number of nitrogens with one attached hydrogen (secondary N) is 3. The molecule has 0 saturated carbocycles. The molecule has 15 aromatic rings. The number of hydrogen-bond acceptors (Lipinski definition) is 33. The van der Waals surface area contributed by atoms with Crippen molar-refractivity contribution in [1.29, 1.82) is 0 Å². The number of aromatic nitrogens is 30. The molecule has 0 bridgehead atoms. The molecule has 3 amide bonds. The van der Waals surface area contributed by atoms with Gasteiger partial charge in [0.15, 0.2) is 34.9 Å². The van der Waals surface area contributed by atoms with Gasteiger partial charge in [-0.1, -0.05) is 33.4 Å². The molecule has 0 spiro atoms. The smallest absolute Gasteiger partial charge is 0.295 e. The lowest BCUT2D eigenvalue weighted by atomic mass is 10.1. The molecule has 15 aromatic heterocycles. The Labute approximate surface area is 710 Å². The van der Waals surface area contributed by atoms with Gasteiger partial charge >= 0.3 is 0 Å². The number of H-pyrrole nitrogens is 3. The Hall–Kier alpha value is -15.6. The number of hydrogen-bond donors (Lipinski definition) is 3. The minimum atomic E-state index is -4.01. The van der Waals surface area contributed by atoms with Crippen molar-refractivity contribution in [2.75, 3.05) is 114 Å². The van der Waals surface area contributed by atoms with Crippen LogP contribution in [0, 0.1) is 34.4 Å². The summed E-state index contributed by atoms with van der Waals surface area (Å²) in [5, 5.41) is 43.0. The number of rotatable bonds is 18. The van der Waals surface area contributed by atoms with Crippen LogP contribution >= 0.6 is 0 Å². The van der Waals surface area contributed by atoms with E-state index in [1.165, 1.54) is 49.3 Å². The number of pyridine rings is 6. The molecule has 45 nitrogen and oxygen atoms in total. The maximum atomic E-state index is 14.1. The number of fused-ring (bicyclic) bond motifs is 3. The molecule has 0 unspecified atom stereocenters. The van der Waals surface area contributed by atoms with Crippen LogP contribution in [-0.2, 0) is 14.4 Å². The van der Waals surface area contributed by atoms with Gasteiger partial charge in [0.1, 0.15) is 53.7 Å². The van der Waals surface area contributed by atoms with E-state index in [0.29, 0.717) is 9.36 Å². The first kappa shape index (κ1) is 41.1. The van der Waals surface area contributed by atoms with Crippen molar-refractivity contribution in [3.05, 3.63) is 162 Å². The summed E-state index contributed by atoms with van der Waals surface area (Å²) in [5.74, 6) is -16.5. The van der Waals surface area contributed by atoms with E-state index >= 15 is 0 Å². The van der Waals surface area contributed by atoms with Crippen LogP contribution in [0.4, 0.5) is 17.8 Å². The molecule has 18 heterocycles. The van der Waals surface area contributed by atoms with Gasteiger partial charge in [0.25, 0.3) is 52.9 Å². The molecule has 3 fully saturated rings. The van der Waals surface area contributed by atoms with Gasteiger partial charge in [-0.25, -0.2) is 58.9 Å². The number of tetrazole rings is 3. The predicted octanol–water partition coefficient (Wildman–Crippen LogP) is 1.71. The van der Waals surface area contributed by atoms with Gasteiger partial charge in [0.05, 0.1) is 132 Å². The summed E-state index contributed by atoms with van der Waals surface area (Å²) < 4.78 is 345. The molecular weight excluding hydrogens is 1500 g/mol. The maximum absolute atomic E-state index is 14.1. The lowest BCUT2D eigenvalue weighted by molar-refractivity contribution is -0.127. The first-order chi connectivity index (χ1) is 72.0. The van der Waals surface area contributed by atoms with Gasteiger partial charge in [0.2, 0.25) is 0 Å². The average molecular weight is 1610 g/mol. The highest BCUT2D eigenvalue weighted by atomic mass is 16.5. The number of Topliss-reactive ketones (excluding diaryl/α,β-unsaturated/α-hetero) is 3. The Kier molecular flexibility index (Phi) is 11.2. The van der Waals surface area contributed by atoms with Crippen molar-refractivity contribution in [3.8, 4) is 52.2 Å². The Bertz CT molecular complexity index is 8100. The molecule has 0 aromatic carbocycles. The SMILES string of the molecule is [2H]C([2H])([2H])Oc1cnc(-n2cnc(C([2H])([2H])[2H])n2)c2[nH]cc(C(=O)C(=O)N3C([2H])([2H])C([2H])([2H])N(c4nnnn4-c4ccccn4)C([2H])([2H])C3([2H])[2H])c12.[2H]c1nc(-n2nnnc2N2C([2H])([2H])C([2H])([2H])N(C(=O)C(=O)c3c[nH]c4c(-n5cnc(C([2H])([2H])[2H])n5)ncc(OC([2H])([2H])[2H])c34)C([2H])([2H])C2([2H])[2H])c([2H])c([2H])c1C.[2H]c1nc(-n2nnnc2N2CCN(C(=O)C(=O)c3c[nH]c4c(-n5cnc(C([2H])([2H])[2H])n5)ncc(OC([2H])([2H])[2H])c34)CC2)c([2H])c([2H])c1C. The van der Waals surface area contributed by atoms with Crippen LogP contribution in [0.5, 0.6) is 17.2 Å². The largest absolute Gasteiger partial charge is 0.494 e. The number of aryl methyl sites for hydroxylation is 3. The predicted molar refractivity (Wildman–Crippen MR) is 407 cm³/mol. The first-order valence-corrected chi connectivity index (χ1v) is 32.5. The number of methoxy groups -OCH3 is 3. The Morgan fingerprint density at radius 3 is 1.17 bits per heavy atom. The van der Waals surface area contributed by atoms with Gasteiger partial charge in [-0.3, -0.25) is 28.8 Å². The van der Waals surface area contributed by atoms with Crippen LogP contribution in [0.2, 0.25) is 0 Å². The van der Waals surface area contributed by atoms with Crippen LogP contribution in [0.3, 0.4) is 0 Å². The van der Waals surface area contributed by atoms with E-state index in [1.54, 1.807) is 4.90 Å². The number of carbonyl (C=O) groups is 6. The molecule has 18 rings (SSSR count). The summed E-state index contributed by atoms with van der Waals surface area (Å²) in [5.41, 5.74) is -2.18. The molecule has 588 valence electrons. The molecule has 3 aliphatic heterocycles. The van der Waals surface area contributed by atoms with Gasteiger partial charge in [0, 0.05) is 128 Å². The highest BCUT2D eigenvalue weighted by molar-refractivity contribution is 6.46. The second-order valence-corrected chi connectivity index (χ2v) is 23.4. The van der Waals surface area contributed by atoms with Crippen LogP contribution in [0.15, 0.2) is 117 Å². The fraction of sp³-hybridized carbons (Fsp3) is 0.282. The first-order valence-electron chi connectivity index (χ1n) is 52.5. The van der Waals surface area contributed by atoms with Crippen molar-refractivity contribution >= 4 is 85.6 Å². The summed E-state index contributed by atoms with van der Waals surface area (Å²) >= 11 is 0. The number of amides is 3. The zero-order valence-electron chi connectivity index (χ0n) is 98.3. The van der Waals surface area contributed by atoms with E-state index in [-0.39, 0.29) is 134 Å². The fourth-order valence-electron chi connectivity index (χ4n) is 11.2. The zero-order valence-corrected chi connectivity index (χ0v) is 58.3. The summed E-state index contributed by atoms with van der Waals surface area (Å²) in [6.07, 6.45) is 8.91. The van der Waals surface area contributed by atoms with E-state index in [1.807, 2.05) is 0 Å². The number of ketones is 3. The van der Waals surface area contributed by atoms with E-state index < -0.39 is 225 Å². The van der Waals surface area contributed by atoms with Crippen molar-refractivity contribution in [2.45, 2.75) is 34.4 Å². The highest BCUT2D eigenvalue weighted by Crippen LogP contribution is 2.36. The third-order valence-corrected chi connectivity index (χ3v) is 16.5.